The lowest BCUT2D eigenvalue weighted by molar-refractivity contribution is -0.137. The normalized spacial score (nSPS) is 11.4. The van der Waals surface area contributed by atoms with Crippen molar-refractivity contribution in [3.05, 3.63) is 71.3 Å². The molecular weight excluding hydrogens is 332 g/mol. The number of carbonyl (C=O) groups is 3. The zero-order chi connectivity index (χ0) is 18.9. The summed E-state index contributed by atoms with van der Waals surface area (Å²) in [6.45, 7) is 1.85. The SMILES string of the molecule is CC(=O)NCc1ccc(C(=O)NC(CCC(=O)O)c2ccccc2)cc1. The summed E-state index contributed by atoms with van der Waals surface area (Å²) in [4.78, 5) is 34.4. The molecule has 2 amide bonds. The minimum atomic E-state index is -0.900. The fraction of sp³-hybridized carbons (Fsp3) is 0.250. The van der Waals surface area contributed by atoms with Crippen molar-refractivity contribution < 1.29 is 19.5 Å². The second-order valence-corrected chi connectivity index (χ2v) is 5.98. The van der Waals surface area contributed by atoms with Gasteiger partial charge in [0.2, 0.25) is 5.91 Å². The topological polar surface area (TPSA) is 95.5 Å². The van der Waals surface area contributed by atoms with Crippen LogP contribution in [0.4, 0.5) is 0 Å². The second kappa shape index (κ2) is 9.36. The molecule has 0 fully saturated rings. The van der Waals surface area contributed by atoms with Crippen molar-refractivity contribution in [1.29, 1.82) is 0 Å². The highest BCUT2D eigenvalue weighted by molar-refractivity contribution is 5.94. The van der Waals surface area contributed by atoms with Gasteiger partial charge >= 0.3 is 5.97 Å². The van der Waals surface area contributed by atoms with Crippen molar-refractivity contribution >= 4 is 17.8 Å². The van der Waals surface area contributed by atoms with Crippen LogP contribution in [-0.4, -0.2) is 22.9 Å². The first-order valence-corrected chi connectivity index (χ1v) is 8.36. The van der Waals surface area contributed by atoms with Crippen LogP contribution in [0.25, 0.3) is 0 Å². The van der Waals surface area contributed by atoms with Gasteiger partial charge in [0.15, 0.2) is 0 Å². The molecule has 26 heavy (non-hydrogen) atoms. The molecular formula is C20H22N2O4. The fourth-order valence-corrected chi connectivity index (χ4v) is 2.52. The molecule has 0 spiro atoms. The monoisotopic (exact) mass is 354 g/mol. The third kappa shape index (κ3) is 6.05. The highest BCUT2D eigenvalue weighted by atomic mass is 16.4. The molecule has 0 saturated carbocycles. The summed E-state index contributed by atoms with van der Waals surface area (Å²) >= 11 is 0. The molecule has 0 radical (unpaired) electrons. The zero-order valence-electron chi connectivity index (χ0n) is 14.6. The van der Waals surface area contributed by atoms with Crippen LogP contribution in [0.1, 0.15) is 47.3 Å². The van der Waals surface area contributed by atoms with Gasteiger partial charge in [-0.05, 0) is 29.7 Å². The van der Waals surface area contributed by atoms with Crippen molar-refractivity contribution in [2.24, 2.45) is 0 Å². The summed E-state index contributed by atoms with van der Waals surface area (Å²) in [5.41, 5.74) is 2.24. The highest BCUT2D eigenvalue weighted by Crippen LogP contribution is 2.19. The average Bonchev–Trinajstić information content (AvgIpc) is 2.64. The number of aliphatic carboxylic acids is 1. The lowest BCUT2D eigenvalue weighted by Gasteiger charge is -2.18. The number of benzene rings is 2. The summed E-state index contributed by atoms with van der Waals surface area (Å²) in [6, 6.07) is 15.9. The molecule has 1 atom stereocenters. The van der Waals surface area contributed by atoms with Crippen LogP contribution in [-0.2, 0) is 16.1 Å². The Hall–Kier alpha value is -3.15. The van der Waals surface area contributed by atoms with Crippen molar-refractivity contribution in [2.45, 2.75) is 32.4 Å². The predicted molar refractivity (Wildman–Crippen MR) is 97.5 cm³/mol. The van der Waals surface area contributed by atoms with E-state index in [0.29, 0.717) is 18.5 Å². The van der Waals surface area contributed by atoms with E-state index in [2.05, 4.69) is 10.6 Å². The number of amides is 2. The van der Waals surface area contributed by atoms with Crippen LogP contribution >= 0.6 is 0 Å². The molecule has 0 heterocycles. The summed E-state index contributed by atoms with van der Waals surface area (Å²) in [5, 5.41) is 14.5. The van der Waals surface area contributed by atoms with E-state index >= 15 is 0 Å². The van der Waals surface area contributed by atoms with E-state index in [1.807, 2.05) is 30.3 Å². The molecule has 1 unspecified atom stereocenters. The van der Waals surface area contributed by atoms with E-state index in [0.717, 1.165) is 11.1 Å². The molecule has 136 valence electrons. The van der Waals surface area contributed by atoms with Gasteiger partial charge in [0.25, 0.3) is 5.91 Å². The molecule has 2 aromatic carbocycles. The second-order valence-electron chi connectivity index (χ2n) is 5.98. The van der Waals surface area contributed by atoms with E-state index in [4.69, 9.17) is 5.11 Å². The fourth-order valence-electron chi connectivity index (χ4n) is 2.52. The third-order valence-electron chi connectivity index (χ3n) is 3.91. The number of rotatable bonds is 8. The molecule has 0 saturated heterocycles. The van der Waals surface area contributed by atoms with Gasteiger partial charge < -0.3 is 15.7 Å². The molecule has 0 aromatic heterocycles. The van der Waals surface area contributed by atoms with Gasteiger partial charge in [0.05, 0.1) is 6.04 Å². The van der Waals surface area contributed by atoms with Crippen molar-refractivity contribution in [1.82, 2.24) is 10.6 Å². The molecule has 2 aromatic rings. The van der Waals surface area contributed by atoms with Crippen LogP contribution in [0.3, 0.4) is 0 Å². The first kappa shape index (κ1) is 19.2. The van der Waals surface area contributed by atoms with Gasteiger partial charge in [-0.2, -0.15) is 0 Å². The van der Waals surface area contributed by atoms with Gasteiger partial charge in [0.1, 0.15) is 0 Å². The molecule has 6 nitrogen and oxygen atoms in total. The maximum absolute atomic E-state index is 12.5. The van der Waals surface area contributed by atoms with E-state index in [1.165, 1.54) is 6.92 Å². The quantitative estimate of drug-likeness (QED) is 0.679. The number of carbonyl (C=O) groups excluding carboxylic acids is 2. The number of carboxylic acids is 1. The van der Waals surface area contributed by atoms with Crippen LogP contribution in [0.2, 0.25) is 0 Å². The Balaban J connectivity index is 2.06. The molecule has 3 N–H and O–H groups in total. The Morgan fingerprint density at radius 3 is 2.23 bits per heavy atom. The van der Waals surface area contributed by atoms with Gasteiger partial charge in [-0.3, -0.25) is 14.4 Å². The zero-order valence-corrected chi connectivity index (χ0v) is 14.6. The largest absolute Gasteiger partial charge is 0.481 e. The van der Waals surface area contributed by atoms with Crippen LogP contribution in [0.5, 0.6) is 0 Å². The Morgan fingerprint density at radius 1 is 1.00 bits per heavy atom. The summed E-state index contributed by atoms with van der Waals surface area (Å²) in [7, 11) is 0. The molecule has 0 aliphatic rings. The maximum atomic E-state index is 12.5. The highest BCUT2D eigenvalue weighted by Gasteiger charge is 2.17. The van der Waals surface area contributed by atoms with Gasteiger partial charge in [-0.15, -0.1) is 0 Å². The molecule has 0 aliphatic heterocycles. The summed E-state index contributed by atoms with van der Waals surface area (Å²) < 4.78 is 0. The number of carboxylic acid groups (broad SMARTS) is 1. The Labute approximate surface area is 152 Å². The lowest BCUT2D eigenvalue weighted by Crippen LogP contribution is -2.29. The van der Waals surface area contributed by atoms with E-state index in [9.17, 15) is 14.4 Å². The Bertz CT molecular complexity index is 757. The first-order valence-electron chi connectivity index (χ1n) is 8.36. The number of hydrogen-bond acceptors (Lipinski definition) is 3. The molecule has 0 aliphatic carbocycles. The minimum Gasteiger partial charge on any atom is -0.481 e. The summed E-state index contributed by atoms with van der Waals surface area (Å²) in [5.74, 6) is -1.28. The van der Waals surface area contributed by atoms with E-state index < -0.39 is 5.97 Å². The van der Waals surface area contributed by atoms with Gasteiger partial charge in [-0.25, -0.2) is 0 Å². The number of nitrogens with one attached hydrogen (secondary N) is 2. The van der Waals surface area contributed by atoms with Crippen LogP contribution in [0, 0.1) is 0 Å². The molecule has 0 bridgehead atoms. The van der Waals surface area contributed by atoms with Crippen molar-refractivity contribution in [3.63, 3.8) is 0 Å². The molecule has 2 rings (SSSR count). The average molecular weight is 354 g/mol. The van der Waals surface area contributed by atoms with Crippen molar-refractivity contribution in [3.8, 4) is 0 Å². The Kier molecular flexibility index (Phi) is 6.91. The van der Waals surface area contributed by atoms with Gasteiger partial charge in [-0.1, -0.05) is 42.5 Å². The standard InChI is InChI=1S/C20H22N2O4/c1-14(23)21-13-15-7-9-17(10-8-15)20(26)22-18(11-12-19(24)25)16-5-3-2-4-6-16/h2-10,18H,11-13H2,1H3,(H,21,23)(H,22,26)(H,24,25). The predicted octanol–water partition coefficient (Wildman–Crippen LogP) is 2.66. The molecule has 6 heteroatoms. The first-order chi connectivity index (χ1) is 12.5. The Morgan fingerprint density at radius 2 is 1.65 bits per heavy atom. The van der Waals surface area contributed by atoms with Crippen LogP contribution < -0.4 is 10.6 Å². The van der Waals surface area contributed by atoms with E-state index in [-0.39, 0.29) is 24.3 Å². The lowest BCUT2D eigenvalue weighted by atomic mass is 10.0. The van der Waals surface area contributed by atoms with Gasteiger partial charge in [0, 0.05) is 25.5 Å². The smallest absolute Gasteiger partial charge is 0.303 e. The van der Waals surface area contributed by atoms with E-state index in [1.54, 1.807) is 24.3 Å². The minimum absolute atomic E-state index is 0.0322. The number of hydrogen-bond donors (Lipinski definition) is 3. The van der Waals surface area contributed by atoms with Crippen LogP contribution in [0.15, 0.2) is 54.6 Å². The summed E-state index contributed by atoms with van der Waals surface area (Å²) in [6.07, 6.45) is 0.279. The van der Waals surface area contributed by atoms with Crippen molar-refractivity contribution in [2.75, 3.05) is 0 Å². The third-order valence-corrected chi connectivity index (χ3v) is 3.91. The maximum Gasteiger partial charge on any atom is 0.303 e.